The fourth-order valence-electron chi connectivity index (χ4n) is 2.67. The van der Waals surface area contributed by atoms with Gasteiger partial charge in [-0.3, -0.25) is 9.78 Å². The number of pyridine rings is 1. The second-order valence-electron chi connectivity index (χ2n) is 6.35. The highest BCUT2D eigenvalue weighted by atomic mass is 16.1. The van der Waals surface area contributed by atoms with Crippen LogP contribution in [-0.4, -0.2) is 17.4 Å². The molecule has 0 saturated carbocycles. The van der Waals surface area contributed by atoms with E-state index < -0.39 is 0 Å². The quantitative estimate of drug-likeness (QED) is 0.695. The smallest absolute Gasteiger partial charge is 0.269 e. The van der Waals surface area contributed by atoms with Gasteiger partial charge in [-0.15, -0.1) is 0 Å². The third-order valence-corrected chi connectivity index (χ3v) is 4.33. The Bertz CT molecular complexity index is 891. The summed E-state index contributed by atoms with van der Waals surface area (Å²) in [5, 5.41) is 6.26. The number of hydrogen-bond donors (Lipinski definition) is 2. The summed E-state index contributed by atoms with van der Waals surface area (Å²) in [5.41, 5.74) is 5.93. The van der Waals surface area contributed by atoms with Crippen LogP contribution in [0.15, 0.2) is 66.9 Å². The number of nitrogens with zero attached hydrogens (tertiary/aromatic N) is 1. The molecule has 0 aliphatic heterocycles. The van der Waals surface area contributed by atoms with E-state index in [0.717, 1.165) is 17.8 Å². The van der Waals surface area contributed by atoms with Crippen LogP contribution in [0.3, 0.4) is 0 Å². The summed E-state index contributed by atoms with van der Waals surface area (Å²) in [6, 6.07) is 19.9. The normalized spacial score (nSPS) is 10.4. The number of hydrogen-bond acceptors (Lipinski definition) is 3. The minimum Gasteiger partial charge on any atom is -0.355 e. The van der Waals surface area contributed by atoms with Gasteiger partial charge in [-0.1, -0.05) is 36.4 Å². The summed E-state index contributed by atoms with van der Waals surface area (Å²) >= 11 is 0. The fourth-order valence-corrected chi connectivity index (χ4v) is 2.67. The minimum atomic E-state index is -0.162. The van der Waals surface area contributed by atoms with Crippen LogP contribution in [0, 0.1) is 13.8 Å². The maximum atomic E-state index is 12.3. The Morgan fingerprint density at radius 1 is 0.923 bits per heavy atom. The predicted molar refractivity (Wildman–Crippen MR) is 106 cm³/mol. The van der Waals surface area contributed by atoms with Crippen LogP contribution in [0.25, 0.3) is 0 Å². The summed E-state index contributed by atoms with van der Waals surface area (Å²) in [6.07, 6.45) is 2.45. The van der Waals surface area contributed by atoms with Crippen molar-refractivity contribution in [2.45, 2.75) is 20.3 Å². The van der Waals surface area contributed by atoms with Crippen LogP contribution in [0.4, 0.5) is 11.4 Å². The average molecular weight is 345 g/mol. The van der Waals surface area contributed by atoms with Crippen molar-refractivity contribution in [3.8, 4) is 0 Å². The van der Waals surface area contributed by atoms with Gasteiger partial charge in [-0.05, 0) is 61.2 Å². The topological polar surface area (TPSA) is 54.0 Å². The van der Waals surface area contributed by atoms with E-state index in [9.17, 15) is 4.79 Å². The average Bonchev–Trinajstić information content (AvgIpc) is 2.66. The number of amides is 1. The molecule has 0 aliphatic rings. The minimum absolute atomic E-state index is 0.162. The van der Waals surface area contributed by atoms with E-state index >= 15 is 0 Å². The van der Waals surface area contributed by atoms with Crippen molar-refractivity contribution in [1.29, 1.82) is 0 Å². The van der Waals surface area contributed by atoms with Gasteiger partial charge in [-0.25, -0.2) is 0 Å². The molecule has 3 rings (SSSR count). The number of aryl methyl sites for hydroxylation is 2. The van der Waals surface area contributed by atoms with Gasteiger partial charge in [0.05, 0.1) is 0 Å². The third-order valence-electron chi connectivity index (χ3n) is 4.33. The molecular formula is C22H23N3O. The number of benzene rings is 2. The molecule has 26 heavy (non-hydrogen) atoms. The van der Waals surface area contributed by atoms with E-state index in [0.29, 0.717) is 12.2 Å². The van der Waals surface area contributed by atoms with Gasteiger partial charge in [0.2, 0.25) is 0 Å². The summed E-state index contributed by atoms with van der Waals surface area (Å²) in [5.74, 6) is -0.162. The zero-order valence-corrected chi connectivity index (χ0v) is 15.1. The first-order chi connectivity index (χ1) is 12.6. The highest BCUT2D eigenvalue weighted by Gasteiger charge is 2.08. The Labute approximate surface area is 154 Å². The van der Waals surface area contributed by atoms with Crippen molar-refractivity contribution < 1.29 is 4.79 Å². The lowest BCUT2D eigenvalue weighted by Gasteiger charge is -2.10. The summed E-state index contributed by atoms with van der Waals surface area (Å²) < 4.78 is 0. The van der Waals surface area contributed by atoms with E-state index in [1.54, 1.807) is 12.3 Å². The Balaban J connectivity index is 1.60. The first-order valence-corrected chi connectivity index (χ1v) is 8.74. The van der Waals surface area contributed by atoms with Gasteiger partial charge in [-0.2, -0.15) is 0 Å². The second-order valence-corrected chi connectivity index (χ2v) is 6.35. The highest BCUT2D eigenvalue weighted by molar-refractivity contribution is 5.93. The Hall–Kier alpha value is -3.14. The molecule has 2 aromatic carbocycles. The van der Waals surface area contributed by atoms with Crippen molar-refractivity contribution >= 4 is 17.3 Å². The second kappa shape index (κ2) is 8.30. The summed E-state index contributed by atoms with van der Waals surface area (Å²) in [6.45, 7) is 4.75. The molecule has 4 nitrogen and oxygen atoms in total. The standard InChI is InChI=1S/C22H23N3O/c1-16-8-9-19(14-17(16)2)25-20-11-13-23-21(15-20)22(26)24-12-10-18-6-4-3-5-7-18/h3-9,11,13-15H,10,12H2,1-2H3,(H,23,25)(H,24,26). The zero-order chi connectivity index (χ0) is 18.4. The molecule has 1 aromatic heterocycles. The molecule has 0 saturated heterocycles. The molecule has 0 radical (unpaired) electrons. The lowest BCUT2D eigenvalue weighted by atomic mass is 10.1. The number of carbonyl (C=O) groups excluding carboxylic acids is 1. The number of aromatic nitrogens is 1. The molecule has 2 N–H and O–H groups in total. The van der Waals surface area contributed by atoms with Gasteiger partial charge in [0.25, 0.3) is 5.91 Å². The van der Waals surface area contributed by atoms with Gasteiger partial charge in [0.15, 0.2) is 0 Å². The van der Waals surface area contributed by atoms with Crippen molar-refractivity contribution in [2.75, 3.05) is 11.9 Å². The zero-order valence-electron chi connectivity index (χ0n) is 15.1. The van der Waals surface area contributed by atoms with Crippen molar-refractivity contribution in [2.24, 2.45) is 0 Å². The van der Waals surface area contributed by atoms with E-state index in [-0.39, 0.29) is 5.91 Å². The van der Waals surface area contributed by atoms with E-state index in [4.69, 9.17) is 0 Å². The Morgan fingerprint density at radius 3 is 2.46 bits per heavy atom. The first-order valence-electron chi connectivity index (χ1n) is 8.74. The van der Waals surface area contributed by atoms with Gasteiger partial charge < -0.3 is 10.6 Å². The molecule has 0 fully saturated rings. The summed E-state index contributed by atoms with van der Waals surface area (Å²) in [4.78, 5) is 16.5. The van der Waals surface area contributed by atoms with E-state index in [1.807, 2.05) is 30.3 Å². The van der Waals surface area contributed by atoms with Crippen LogP contribution >= 0.6 is 0 Å². The van der Waals surface area contributed by atoms with Crippen LogP contribution in [0.5, 0.6) is 0 Å². The van der Waals surface area contributed by atoms with Crippen molar-refractivity contribution in [3.63, 3.8) is 0 Å². The lowest BCUT2D eigenvalue weighted by Crippen LogP contribution is -2.26. The first kappa shape index (κ1) is 17.7. The Morgan fingerprint density at radius 2 is 1.69 bits per heavy atom. The number of nitrogens with one attached hydrogen (secondary N) is 2. The molecule has 1 amide bonds. The van der Waals surface area contributed by atoms with Gasteiger partial charge >= 0.3 is 0 Å². The molecule has 132 valence electrons. The third kappa shape index (κ3) is 4.70. The maximum absolute atomic E-state index is 12.3. The van der Waals surface area contributed by atoms with Crippen molar-refractivity contribution in [3.05, 3.63) is 89.2 Å². The highest BCUT2D eigenvalue weighted by Crippen LogP contribution is 2.19. The largest absolute Gasteiger partial charge is 0.355 e. The van der Waals surface area contributed by atoms with Crippen LogP contribution in [0.2, 0.25) is 0 Å². The van der Waals surface area contributed by atoms with Crippen LogP contribution in [0.1, 0.15) is 27.2 Å². The van der Waals surface area contributed by atoms with Gasteiger partial charge in [0, 0.05) is 24.1 Å². The molecule has 0 atom stereocenters. The predicted octanol–water partition coefficient (Wildman–Crippen LogP) is 4.41. The number of anilines is 2. The number of carbonyl (C=O) groups is 1. The molecule has 4 heteroatoms. The number of rotatable bonds is 6. The molecular weight excluding hydrogens is 322 g/mol. The van der Waals surface area contributed by atoms with E-state index in [2.05, 4.69) is 53.7 Å². The van der Waals surface area contributed by atoms with Crippen LogP contribution in [-0.2, 0) is 6.42 Å². The summed E-state index contributed by atoms with van der Waals surface area (Å²) in [7, 11) is 0. The van der Waals surface area contributed by atoms with Crippen LogP contribution < -0.4 is 10.6 Å². The molecule has 1 heterocycles. The van der Waals surface area contributed by atoms with Crippen molar-refractivity contribution in [1.82, 2.24) is 10.3 Å². The molecule has 3 aromatic rings. The maximum Gasteiger partial charge on any atom is 0.269 e. The molecule has 0 spiro atoms. The van der Waals surface area contributed by atoms with E-state index in [1.165, 1.54) is 16.7 Å². The Kier molecular flexibility index (Phi) is 5.64. The molecule has 0 unspecified atom stereocenters. The fraction of sp³-hybridized carbons (Fsp3) is 0.182. The monoisotopic (exact) mass is 345 g/mol. The lowest BCUT2D eigenvalue weighted by molar-refractivity contribution is 0.0949. The molecule has 0 bridgehead atoms. The van der Waals surface area contributed by atoms with Gasteiger partial charge in [0.1, 0.15) is 5.69 Å². The molecule has 0 aliphatic carbocycles. The SMILES string of the molecule is Cc1ccc(Nc2ccnc(C(=O)NCCc3ccccc3)c2)cc1C.